The first-order valence-electron chi connectivity index (χ1n) is 6.55. The quantitative estimate of drug-likeness (QED) is 0.575. The molecular weight excluding hydrogens is 188 g/mol. The van der Waals surface area contributed by atoms with Gasteiger partial charge in [-0.1, -0.05) is 27.7 Å². The van der Waals surface area contributed by atoms with Gasteiger partial charge in [0, 0.05) is 5.92 Å². The molecule has 4 fully saturated rings. The summed E-state index contributed by atoms with van der Waals surface area (Å²) < 4.78 is 5.28. The molecule has 4 aliphatic rings. The second-order valence-electron chi connectivity index (χ2n) is 4.16. The minimum Gasteiger partial charge on any atom is -0.462 e. The molecule has 4 rings (SSSR count). The first kappa shape index (κ1) is 12.5. The lowest BCUT2D eigenvalue weighted by Gasteiger charge is -2.38. The fraction of sp³-hybridized carbons (Fsp3) is 0.923. The topological polar surface area (TPSA) is 26.3 Å². The lowest BCUT2D eigenvalue weighted by Crippen LogP contribution is -2.36. The first-order chi connectivity index (χ1) is 7.34. The predicted octanol–water partition coefficient (Wildman–Crippen LogP) is 3.40. The largest absolute Gasteiger partial charge is 0.462 e. The Bertz CT molecular complexity index is 213. The van der Waals surface area contributed by atoms with E-state index >= 15 is 0 Å². The lowest BCUT2D eigenvalue weighted by molar-refractivity contribution is -0.143. The van der Waals surface area contributed by atoms with E-state index in [4.69, 9.17) is 4.74 Å². The van der Waals surface area contributed by atoms with Gasteiger partial charge in [0.1, 0.15) is 6.10 Å². The molecule has 1 heterocycles. The Morgan fingerprint density at radius 1 is 1.07 bits per heavy atom. The zero-order valence-electron chi connectivity index (χ0n) is 10.5. The van der Waals surface area contributed by atoms with E-state index in [0.717, 1.165) is 18.8 Å². The van der Waals surface area contributed by atoms with Gasteiger partial charge in [0.15, 0.2) is 0 Å². The van der Waals surface area contributed by atoms with E-state index in [1.54, 1.807) is 0 Å². The van der Waals surface area contributed by atoms with Crippen LogP contribution in [0.25, 0.3) is 0 Å². The Hall–Kier alpha value is -0.530. The smallest absolute Gasteiger partial charge is 0.309 e. The SMILES string of the molecule is CC.CC.O=C1OC2CC3CCC2C1C3. The van der Waals surface area contributed by atoms with Crippen molar-refractivity contribution in [1.29, 1.82) is 0 Å². The summed E-state index contributed by atoms with van der Waals surface area (Å²) in [7, 11) is 0. The van der Waals surface area contributed by atoms with Crippen molar-refractivity contribution in [3.63, 3.8) is 0 Å². The summed E-state index contributed by atoms with van der Waals surface area (Å²) in [5.41, 5.74) is 0. The Morgan fingerprint density at radius 3 is 2.20 bits per heavy atom. The fourth-order valence-corrected chi connectivity index (χ4v) is 3.09. The van der Waals surface area contributed by atoms with E-state index in [1.807, 2.05) is 27.7 Å². The maximum absolute atomic E-state index is 11.2. The third-order valence-corrected chi connectivity index (χ3v) is 3.63. The number of fused-ring (bicyclic) bond motifs is 1. The molecule has 3 saturated carbocycles. The van der Waals surface area contributed by atoms with Crippen LogP contribution in [0.4, 0.5) is 0 Å². The average Bonchev–Trinajstić information content (AvgIpc) is 2.56. The van der Waals surface area contributed by atoms with Crippen molar-refractivity contribution in [2.75, 3.05) is 0 Å². The molecule has 2 heteroatoms. The summed E-state index contributed by atoms with van der Waals surface area (Å²) in [6, 6.07) is 0. The maximum atomic E-state index is 11.2. The Kier molecular flexibility index (Phi) is 4.62. The normalized spacial score (nSPS) is 39.6. The van der Waals surface area contributed by atoms with Crippen LogP contribution in [-0.2, 0) is 9.53 Å². The van der Waals surface area contributed by atoms with E-state index < -0.39 is 0 Å². The highest BCUT2D eigenvalue weighted by atomic mass is 16.6. The number of rotatable bonds is 0. The van der Waals surface area contributed by atoms with Crippen molar-refractivity contribution in [3.8, 4) is 0 Å². The summed E-state index contributed by atoms with van der Waals surface area (Å²) >= 11 is 0. The summed E-state index contributed by atoms with van der Waals surface area (Å²) in [5.74, 6) is 1.81. The molecule has 0 aromatic rings. The second-order valence-corrected chi connectivity index (χ2v) is 4.16. The summed E-state index contributed by atoms with van der Waals surface area (Å²) in [4.78, 5) is 11.2. The molecular formula is C13H24O2. The Balaban J connectivity index is 0.000000255. The molecule has 1 saturated heterocycles. The Morgan fingerprint density at radius 2 is 1.73 bits per heavy atom. The molecule has 0 amide bonds. The van der Waals surface area contributed by atoms with Crippen LogP contribution in [0.3, 0.4) is 0 Å². The van der Waals surface area contributed by atoms with Gasteiger partial charge < -0.3 is 4.74 Å². The van der Waals surface area contributed by atoms with Crippen molar-refractivity contribution in [2.45, 2.75) is 59.5 Å². The van der Waals surface area contributed by atoms with Crippen LogP contribution in [0.5, 0.6) is 0 Å². The van der Waals surface area contributed by atoms with Gasteiger partial charge in [-0.3, -0.25) is 4.79 Å². The molecule has 4 atom stereocenters. The standard InChI is InChI=1S/C9H12O2.2C2H6/c10-9-7-3-5-1-2-6(7)8(4-5)11-9;2*1-2/h5-8H,1-4H2;2*1-2H3. The summed E-state index contributed by atoms with van der Waals surface area (Å²) in [6.45, 7) is 8.00. The number of ether oxygens (including phenoxy) is 1. The minimum atomic E-state index is 0.0993. The molecule has 0 spiro atoms. The van der Waals surface area contributed by atoms with Crippen molar-refractivity contribution in [3.05, 3.63) is 0 Å². The van der Waals surface area contributed by atoms with Gasteiger partial charge in [0.05, 0.1) is 5.92 Å². The van der Waals surface area contributed by atoms with Gasteiger partial charge in [-0.2, -0.15) is 0 Å². The van der Waals surface area contributed by atoms with Crippen LogP contribution in [0.15, 0.2) is 0 Å². The van der Waals surface area contributed by atoms with E-state index in [-0.39, 0.29) is 5.97 Å². The van der Waals surface area contributed by atoms with Gasteiger partial charge in [-0.25, -0.2) is 0 Å². The van der Waals surface area contributed by atoms with Crippen LogP contribution >= 0.6 is 0 Å². The molecule has 15 heavy (non-hydrogen) atoms. The third kappa shape index (κ3) is 2.19. The van der Waals surface area contributed by atoms with E-state index in [9.17, 15) is 4.79 Å². The number of carbonyl (C=O) groups is 1. The van der Waals surface area contributed by atoms with Crippen LogP contribution in [0.2, 0.25) is 0 Å². The van der Waals surface area contributed by atoms with Crippen LogP contribution in [-0.4, -0.2) is 12.1 Å². The summed E-state index contributed by atoms with van der Waals surface area (Å²) in [6.07, 6.45) is 5.19. The average molecular weight is 212 g/mol. The van der Waals surface area contributed by atoms with Crippen LogP contribution in [0, 0.1) is 17.8 Å². The van der Waals surface area contributed by atoms with Gasteiger partial charge in [-0.15, -0.1) is 0 Å². The zero-order valence-corrected chi connectivity index (χ0v) is 10.5. The Labute approximate surface area is 93.4 Å². The van der Waals surface area contributed by atoms with Gasteiger partial charge in [-0.05, 0) is 31.6 Å². The maximum Gasteiger partial charge on any atom is 0.309 e. The van der Waals surface area contributed by atoms with Gasteiger partial charge >= 0.3 is 5.97 Å². The van der Waals surface area contributed by atoms with Crippen molar-refractivity contribution in [2.24, 2.45) is 17.8 Å². The highest BCUT2D eigenvalue weighted by Crippen LogP contribution is 2.50. The molecule has 3 aliphatic carbocycles. The van der Waals surface area contributed by atoms with E-state index in [2.05, 4.69) is 0 Å². The van der Waals surface area contributed by atoms with E-state index in [0.29, 0.717) is 17.9 Å². The predicted molar refractivity (Wildman–Crippen MR) is 61.5 cm³/mol. The molecule has 4 unspecified atom stereocenters. The molecule has 2 nitrogen and oxygen atoms in total. The minimum absolute atomic E-state index is 0.0993. The molecule has 0 aromatic heterocycles. The second kappa shape index (κ2) is 5.53. The lowest BCUT2D eigenvalue weighted by atomic mass is 9.65. The van der Waals surface area contributed by atoms with Gasteiger partial charge in [0.25, 0.3) is 0 Å². The van der Waals surface area contributed by atoms with E-state index in [1.165, 1.54) is 12.8 Å². The molecule has 88 valence electrons. The molecule has 0 radical (unpaired) electrons. The third-order valence-electron chi connectivity index (χ3n) is 3.63. The summed E-state index contributed by atoms with van der Waals surface area (Å²) in [5, 5.41) is 0. The highest BCUT2D eigenvalue weighted by Gasteiger charge is 2.52. The van der Waals surface area contributed by atoms with Gasteiger partial charge in [0.2, 0.25) is 0 Å². The van der Waals surface area contributed by atoms with Crippen molar-refractivity contribution >= 4 is 5.97 Å². The fourth-order valence-electron chi connectivity index (χ4n) is 3.09. The molecule has 1 aliphatic heterocycles. The molecule has 0 aromatic carbocycles. The van der Waals surface area contributed by atoms with Crippen molar-refractivity contribution in [1.82, 2.24) is 0 Å². The highest BCUT2D eigenvalue weighted by molar-refractivity contribution is 5.75. The monoisotopic (exact) mass is 212 g/mol. The van der Waals surface area contributed by atoms with Crippen LogP contribution in [0.1, 0.15) is 53.4 Å². The van der Waals surface area contributed by atoms with Crippen LogP contribution < -0.4 is 0 Å². The number of hydrogen-bond acceptors (Lipinski definition) is 2. The zero-order chi connectivity index (χ0) is 11.4. The van der Waals surface area contributed by atoms with Crippen molar-refractivity contribution < 1.29 is 9.53 Å². The molecule has 0 N–H and O–H groups in total. The number of esters is 1. The number of hydrogen-bond donors (Lipinski definition) is 0. The number of carbonyl (C=O) groups excluding carboxylic acids is 1. The molecule has 4 bridgehead atoms. The first-order valence-corrected chi connectivity index (χ1v) is 6.55.